The molecule has 0 aliphatic rings. The van der Waals surface area contributed by atoms with Crippen LogP contribution in [0.1, 0.15) is 384 Å². The van der Waals surface area contributed by atoms with Gasteiger partial charge >= 0.3 is 48.9 Å². The second-order valence-corrected chi connectivity index (χ2v) is 29.8. The number of hydrogen-bond donors (Lipinski definition) is 0. The second-order valence-electron chi connectivity index (χ2n) is 27.1. The van der Waals surface area contributed by atoms with E-state index in [-0.39, 0.29) is 58.7 Å². The number of benzene rings is 4. The molecule has 0 saturated carbocycles. The molecular formula is C80H134BaO6S2. The number of unbranched alkanes of at least 4 members (excludes halogenated alkanes) is 48. The Labute approximate surface area is 591 Å². The Morgan fingerprint density at radius 1 is 0.247 bits per heavy atom. The molecule has 0 radical (unpaired) electrons. The van der Waals surface area contributed by atoms with Gasteiger partial charge in [0.2, 0.25) is 0 Å². The predicted octanol–water partition coefficient (Wildman–Crippen LogP) is 25.6. The van der Waals surface area contributed by atoms with Crippen LogP contribution in [0.5, 0.6) is 0 Å². The van der Waals surface area contributed by atoms with Crippen molar-refractivity contribution in [2.75, 3.05) is 0 Å². The van der Waals surface area contributed by atoms with Crippen LogP contribution < -0.4 is 0 Å². The Balaban J connectivity index is 0.000000600. The number of fused-ring (bicyclic) bond motifs is 2. The molecule has 9 heteroatoms. The summed E-state index contributed by atoms with van der Waals surface area (Å²) in [6, 6.07) is 18.4. The largest absolute Gasteiger partial charge is 2.00 e. The molecule has 0 amide bonds. The first-order valence-corrected chi connectivity index (χ1v) is 40.8. The maximum atomic E-state index is 11.6. The fourth-order valence-corrected chi connectivity index (χ4v) is 14.5. The second kappa shape index (κ2) is 56.0. The first-order chi connectivity index (χ1) is 42.9. The van der Waals surface area contributed by atoms with E-state index in [1.807, 2.05) is 24.3 Å². The molecular weight excluding hydrogens is 1260 g/mol. The summed E-state index contributed by atoms with van der Waals surface area (Å²) in [6.07, 6.45) is 74.8. The summed E-state index contributed by atoms with van der Waals surface area (Å²) in [5.74, 6) is 0. The van der Waals surface area contributed by atoms with Crippen molar-refractivity contribution >= 4 is 90.7 Å². The standard InChI is InChI=1S/2C40H68O3S.Ba/c2*1-3-5-7-9-11-13-15-17-19-21-23-25-27-29-36-31-32-37-35-38(44(41,42)43)33-34-40(37)39(36)30-28-26-24-22-20-18-16-14-12-10-8-6-4-2;/h2*31-35H,3-30H2,1-2H3,(H,41,42,43);/q;;+2/p-2. The first-order valence-electron chi connectivity index (χ1n) is 37.9. The van der Waals surface area contributed by atoms with Crippen LogP contribution in [0.4, 0.5) is 0 Å². The van der Waals surface area contributed by atoms with Gasteiger partial charge in [-0.2, -0.15) is 0 Å². The molecule has 6 nitrogen and oxygen atoms in total. The maximum absolute atomic E-state index is 11.6. The third-order valence-corrected chi connectivity index (χ3v) is 20.8. The normalized spacial score (nSPS) is 11.8. The molecule has 0 fully saturated rings. The van der Waals surface area contributed by atoms with Crippen LogP contribution in [0.15, 0.2) is 70.5 Å². The fraction of sp³-hybridized carbons (Fsp3) is 0.750. The molecule has 504 valence electrons. The van der Waals surface area contributed by atoms with Crippen molar-refractivity contribution in [3.05, 3.63) is 82.9 Å². The summed E-state index contributed by atoms with van der Waals surface area (Å²) >= 11 is 0. The van der Waals surface area contributed by atoms with E-state index in [0.29, 0.717) is 0 Å². The van der Waals surface area contributed by atoms with Crippen molar-refractivity contribution in [3.8, 4) is 0 Å². The van der Waals surface area contributed by atoms with Crippen molar-refractivity contribution in [2.45, 2.75) is 397 Å². The SMILES string of the molecule is CCCCCCCCCCCCCCCc1ccc2cc(S(=O)(=O)[O-])ccc2c1CCCCCCCCCCCCCCC.CCCCCCCCCCCCCCCc1ccc2cc(S(=O)(=O)[O-])ccc2c1CCCCCCCCCCCCCCC.[Ba+2]. The van der Waals surface area contributed by atoms with Gasteiger partial charge < -0.3 is 9.11 Å². The van der Waals surface area contributed by atoms with Gasteiger partial charge in [0, 0.05) is 0 Å². The van der Waals surface area contributed by atoms with E-state index >= 15 is 0 Å². The quantitative estimate of drug-likeness (QED) is 0.0247. The van der Waals surface area contributed by atoms with Crippen LogP contribution in [-0.2, 0) is 45.9 Å². The molecule has 89 heavy (non-hydrogen) atoms. The molecule has 0 bridgehead atoms. The molecule has 0 atom stereocenters. The zero-order chi connectivity index (χ0) is 63.4. The number of hydrogen-bond acceptors (Lipinski definition) is 6. The van der Waals surface area contributed by atoms with E-state index in [0.717, 1.165) is 47.2 Å². The monoisotopic (exact) mass is 1390 g/mol. The van der Waals surface area contributed by atoms with Crippen molar-refractivity contribution < 1.29 is 25.9 Å². The summed E-state index contributed by atoms with van der Waals surface area (Å²) in [5.41, 5.74) is 5.58. The molecule has 4 aromatic carbocycles. The van der Waals surface area contributed by atoms with Crippen molar-refractivity contribution in [1.82, 2.24) is 0 Å². The summed E-state index contributed by atoms with van der Waals surface area (Å²) in [6.45, 7) is 9.12. The molecule has 0 aliphatic carbocycles. The van der Waals surface area contributed by atoms with Crippen LogP contribution in [0.3, 0.4) is 0 Å². The fourth-order valence-electron chi connectivity index (χ4n) is 13.5. The molecule has 0 N–H and O–H groups in total. The first kappa shape index (κ1) is 83.9. The number of aryl methyl sites for hydroxylation is 4. The maximum Gasteiger partial charge on any atom is 2.00 e. The topological polar surface area (TPSA) is 114 Å². The number of rotatable bonds is 58. The molecule has 0 heterocycles. The Kier molecular flexibility index (Phi) is 52.8. The molecule has 0 unspecified atom stereocenters. The average molecular weight is 1390 g/mol. The summed E-state index contributed by atoms with van der Waals surface area (Å²) < 4.78 is 69.8. The van der Waals surface area contributed by atoms with E-state index in [1.54, 1.807) is 12.1 Å². The molecule has 4 rings (SSSR count). The van der Waals surface area contributed by atoms with Gasteiger partial charge in [0.1, 0.15) is 20.2 Å². The smallest absolute Gasteiger partial charge is 0.744 e. The van der Waals surface area contributed by atoms with Gasteiger partial charge in [0.05, 0.1) is 9.79 Å². The predicted molar refractivity (Wildman–Crippen MR) is 387 cm³/mol. The van der Waals surface area contributed by atoms with Gasteiger partial charge in [0.15, 0.2) is 0 Å². The van der Waals surface area contributed by atoms with Crippen LogP contribution in [0.2, 0.25) is 0 Å². The zero-order valence-corrected chi connectivity index (χ0v) is 64.4. The van der Waals surface area contributed by atoms with E-state index in [1.165, 1.54) is 368 Å². The Hall–Kier alpha value is -1.21. The van der Waals surface area contributed by atoms with Gasteiger partial charge in [-0.25, -0.2) is 16.8 Å². The van der Waals surface area contributed by atoms with Gasteiger partial charge in [0.25, 0.3) is 0 Å². The minimum absolute atomic E-state index is 0. The Bertz CT molecular complexity index is 2370. The van der Waals surface area contributed by atoms with Gasteiger partial charge in [-0.1, -0.05) is 372 Å². The minimum Gasteiger partial charge on any atom is -0.744 e. The van der Waals surface area contributed by atoms with E-state index in [9.17, 15) is 25.9 Å². The van der Waals surface area contributed by atoms with Crippen LogP contribution in [-0.4, -0.2) is 74.8 Å². The molecule has 0 aromatic heterocycles. The van der Waals surface area contributed by atoms with Crippen molar-refractivity contribution in [1.29, 1.82) is 0 Å². The van der Waals surface area contributed by atoms with Crippen LogP contribution in [0, 0.1) is 0 Å². The molecule has 0 spiro atoms. The Morgan fingerprint density at radius 2 is 0.438 bits per heavy atom. The van der Waals surface area contributed by atoms with Gasteiger partial charge in [-0.15, -0.1) is 0 Å². The van der Waals surface area contributed by atoms with E-state index in [4.69, 9.17) is 0 Å². The summed E-state index contributed by atoms with van der Waals surface area (Å²) in [4.78, 5) is -0.248. The minimum atomic E-state index is -4.44. The molecule has 4 aromatic rings. The summed E-state index contributed by atoms with van der Waals surface area (Å²) in [7, 11) is -8.89. The summed E-state index contributed by atoms with van der Waals surface area (Å²) in [5, 5.41) is 4.01. The third kappa shape index (κ3) is 41.4. The van der Waals surface area contributed by atoms with E-state index in [2.05, 4.69) is 39.8 Å². The van der Waals surface area contributed by atoms with Crippen molar-refractivity contribution in [3.63, 3.8) is 0 Å². The van der Waals surface area contributed by atoms with Crippen LogP contribution >= 0.6 is 0 Å². The van der Waals surface area contributed by atoms with Gasteiger partial charge in [-0.3, -0.25) is 0 Å². The van der Waals surface area contributed by atoms with Crippen molar-refractivity contribution in [2.24, 2.45) is 0 Å². The van der Waals surface area contributed by atoms with Gasteiger partial charge in [-0.05, 0) is 119 Å². The Morgan fingerprint density at radius 3 is 0.640 bits per heavy atom. The van der Waals surface area contributed by atoms with Crippen LogP contribution in [0.25, 0.3) is 21.5 Å². The average Bonchev–Trinajstić information content (AvgIpc) is 0.991. The third-order valence-electron chi connectivity index (χ3n) is 19.1. The molecule has 0 aliphatic heterocycles. The molecule has 0 saturated heterocycles. The zero-order valence-electron chi connectivity index (χ0n) is 58.3. The van der Waals surface area contributed by atoms with E-state index < -0.39 is 20.2 Å².